The highest BCUT2D eigenvalue weighted by Crippen LogP contribution is 2.39. The molecule has 0 saturated carbocycles. The van der Waals surface area contributed by atoms with E-state index in [2.05, 4.69) is 37.4 Å². The normalized spacial score (nSPS) is 21.9. The van der Waals surface area contributed by atoms with Crippen molar-refractivity contribution in [2.24, 2.45) is 5.92 Å². The van der Waals surface area contributed by atoms with Gasteiger partial charge in [0.1, 0.15) is 5.60 Å². The lowest BCUT2D eigenvalue weighted by Gasteiger charge is -2.33. The second-order valence-electron chi connectivity index (χ2n) is 6.79. The van der Waals surface area contributed by atoms with E-state index in [0.29, 0.717) is 12.3 Å². The number of carbonyl (C=O) groups excluding carboxylic acids is 1. The van der Waals surface area contributed by atoms with E-state index in [1.807, 2.05) is 20.8 Å². The average molecular weight is 275 g/mol. The van der Waals surface area contributed by atoms with Crippen molar-refractivity contribution in [3.63, 3.8) is 0 Å². The Bertz CT molecular complexity index is 502. The number of aryl methyl sites for hydroxylation is 1. The number of fused-ring (bicyclic) bond motifs is 1. The molecule has 1 N–H and O–H groups in total. The Morgan fingerprint density at radius 2 is 2.10 bits per heavy atom. The van der Waals surface area contributed by atoms with Gasteiger partial charge in [0.2, 0.25) is 0 Å². The highest BCUT2D eigenvalue weighted by Gasteiger charge is 2.30. The van der Waals surface area contributed by atoms with Gasteiger partial charge in [0.15, 0.2) is 0 Å². The first-order chi connectivity index (χ1) is 9.28. The quantitative estimate of drug-likeness (QED) is 0.833. The second kappa shape index (κ2) is 5.47. The molecule has 2 unspecified atom stereocenters. The van der Waals surface area contributed by atoms with Crippen molar-refractivity contribution in [1.82, 2.24) is 0 Å². The van der Waals surface area contributed by atoms with Crippen LogP contribution in [0, 0.1) is 12.8 Å². The molecule has 110 valence electrons. The van der Waals surface area contributed by atoms with Crippen molar-refractivity contribution in [1.29, 1.82) is 0 Å². The Kier molecular flexibility index (Phi) is 4.07. The zero-order chi connectivity index (χ0) is 14.9. The Morgan fingerprint density at radius 3 is 2.75 bits per heavy atom. The lowest BCUT2D eigenvalue weighted by Crippen LogP contribution is -2.30. The maximum absolute atomic E-state index is 12.1. The van der Waals surface area contributed by atoms with E-state index >= 15 is 0 Å². The van der Waals surface area contributed by atoms with Gasteiger partial charge >= 0.3 is 5.97 Å². The topological polar surface area (TPSA) is 38.3 Å². The van der Waals surface area contributed by atoms with Crippen LogP contribution < -0.4 is 5.32 Å². The number of esters is 1. The fourth-order valence-electron chi connectivity index (χ4n) is 2.83. The Morgan fingerprint density at radius 1 is 1.40 bits per heavy atom. The number of rotatable bonds is 2. The lowest BCUT2D eigenvalue weighted by atomic mass is 9.80. The monoisotopic (exact) mass is 275 g/mol. The van der Waals surface area contributed by atoms with Gasteiger partial charge in [-0.1, -0.05) is 25.1 Å². The van der Waals surface area contributed by atoms with Crippen LogP contribution in [-0.2, 0) is 9.53 Å². The summed E-state index contributed by atoms with van der Waals surface area (Å²) in [5, 5.41) is 3.48. The van der Waals surface area contributed by atoms with Crippen LogP contribution in [0.3, 0.4) is 0 Å². The van der Waals surface area contributed by atoms with Crippen LogP contribution in [0.25, 0.3) is 0 Å². The molecular weight excluding hydrogens is 250 g/mol. The Labute approximate surface area is 121 Å². The predicted molar refractivity (Wildman–Crippen MR) is 82.0 cm³/mol. The van der Waals surface area contributed by atoms with Gasteiger partial charge in [0.25, 0.3) is 0 Å². The Hall–Kier alpha value is -1.51. The molecule has 2 atom stereocenters. The zero-order valence-electron chi connectivity index (χ0n) is 13.1. The molecule has 0 spiro atoms. The van der Waals surface area contributed by atoms with Crippen LogP contribution in [0.4, 0.5) is 5.69 Å². The molecule has 0 aliphatic carbocycles. The van der Waals surface area contributed by atoms with Crippen LogP contribution in [-0.4, -0.2) is 18.1 Å². The van der Waals surface area contributed by atoms with Gasteiger partial charge < -0.3 is 10.1 Å². The number of carbonyl (C=O) groups is 1. The highest BCUT2D eigenvalue weighted by molar-refractivity contribution is 5.73. The van der Waals surface area contributed by atoms with Gasteiger partial charge in [-0.05, 0) is 44.7 Å². The number of benzene rings is 1. The summed E-state index contributed by atoms with van der Waals surface area (Å²) in [6, 6.07) is 6.29. The number of para-hydroxylation sites is 1. The molecule has 1 aliphatic heterocycles. The minimum absolute atomic E-state index is 0.108. The molecule has 0 aromatic heterocycles. The highest BCUT2D eigenvalue weighted by atomic mass is 16.6. The maximum atomic E-state index is 12.1. The van der Waals surface area contributed by atoms with E-state index in [9.17, 15) is 4.79 Å². The van der Waals surface area contributed by atoms with Gasteiger partial charge in [-0.25, -0.2) is 0 Å². The number of hydrogen-bond donors (Lipinski definition) is 1. The van der Waals surface area contributed by atoms with E-state index in [1.165, 1.54) is 16.8 Å². The molecular formula is C17H25NO2. The summed E-state index contributed by atoms with van der Waals surface area (Å²) in [7, 11) is 0. The first-order valence-corrected chi connectivity index (χ1v) is 7.33. The molecule has 0 saturated heterocycles. The van der Waals surface area contributed by atoms with Crippen molar-refractivity contribution >= 4 is 11.7 Å². The SMILES string of the molecule is Cc1cccc2c1NCC(C)C2CC(=O)OC(C)(C)C. The first kappa shape index (κ1) is 14.9. The van der Waals surface area contributed by atoms with Crippen molar-refractivity contribution in [2.75, 3.05) is 11.9 Å². The van der Waals surface area contributed by atoms with Crippen molar-refractivity contribution in [3.05, 3.63) is 29.3 Å². The molecule has 1 aliphatic rings. The maximum Gasteiger partial charge on any atom is 0.306 e. The summed E-state index contributed by atoms with van der Waals surface area (Å²) in [6.45, 7) is 10.9. The zero-order valence-corrected chi connectivity index (χ0v) is 13.1. The molecule has 0 radical (unpaired) electrons. The summed E-state index contributed by atoms with van der Waals surface area (Å²) in [4.78, 5) is 12.1. The minimum atomic E-state index is -0.414. The third kappa shape index (κ3) is 3.33. The van der Waals surface area contributed by atoms with Gasteiger partial charge in [0.05, 0.1) is 6.42 Å². The number of anilines is 1. The molecule has 0 bridgehead atoms. The molecule has 2 rings (SSSR count). The van der Waals surface area contributed by atoms with Crippen LogP contribution in [0.15, 0.2) is 18.2 Å². The molecule has 0 amide bonds. The van der Waals surface area contributed by atoms with Gasteiger partial charge in [-0.2, -0.15) is 0 Å². The Balaban J connectivity index is 2.20. The molecule has 20 heavy (non-hydrogen) atoms. The largest absolute Gasteiger partial charge is 0.460 e. The molecule has 3 nitrogen and oxygen atoms in total. The molecule has 0 fully saturated rings. The van der Waals surface area contributed by atoms with Crippen LogP contribution in [0.1, 0.15) is 51.2 Å². The summed E-state index contributed by atoms with van der Waals surface area (Å²) in [6.07, 6.45) is 0.455. The lowest BCUT2D eigenvalue weighted by molar-refractivity contribution is -0.155. The van der Waals surface area contributed by atoms with Gasteiger partial charge in [0, 0.05) is 18.2 Å². The standard InChI is InChI=1S/C17H25NO2/c1-11-7-6-8-13-14(12(2)10-18-16(11)13)9-15(19)20-17(3,4)5/h6-8,12,14,18H,9-10H2,1-5H3. The number of nitrogens with one attached hydrogen (secondary N) is 1. The fraction of sp³-hybridized carbons (Fsp3) is 0.588. The van der Waals surface area contributed by atoms with E-state index in [4.69, 9.17) is 4.74 Å². The summed E-state index contributed by atoms with van der Waals surface area (Å²) in [5.41, 5.74) is 3.26. The third-order valence-electron chi connectivity index (χ3n) is 3.80. The van der Waals surface area contributed by atoms with Crippen LogP contribution in [0.5, 0.6) is 0 Å². The van der Waals surface area contributed by atoms with Crippen LogP contribution in [0.2, 0.25) is 0 Å². The van der Waals surface area contributed by atoms with Crippen molar-refractivity contribution in [2.45, 2.75) is 52.6 Å². The summed E-state index contributed by atoms with van der Waals surface area (Å²) < 4.78 is 5.47. The fourth-order valence-corrected chi connectivity index (χ4v) is 2.83. The van der Waals surface area contributed by atoms with E-state index in [-0.39, 0.29) is 11.9 Å². The smallest absolute Gasteiger partial charge is 0.306 e. The van der Waals surface area contributed by atoms with Crippen molar-refractivity contribution in [3.8, 4) is 0 Å². The second-order valence-corrected chi connectivity index (χ2v) is 6.79. The predicted octanol–water partition coefficient (Wildman–Crippen LogP) is 3.87. The minimum Gasteiger partial charge on any atom is -0.460 e. The third-order valence-corrected chi connectivity index (χ3v) is 3.80. The number of ether oxygens (including phenoxy) is 1. The van der Waals surface area contributed by atoms with Gasteiger partial charge in [-0.15, -0.1) is 0 Å². The van der Waals surface area contributed by atoms with Gasteiger partial charge in [-0.3, -0.25) is 4.79 Å². The van der Waals surface area contributed by atoms with Crippen molar-refractivity contribution < 1.29 is 9.53 Å². The molecule has 1 aromatic rings. The summed E-state index contributed by atoms with van der Waals surface area (Å²) in [5.74, 6) is 0.557. The van der Waals surface area contributed by atoms with E-state index < -0.39 is 5.60 Å². The van der Waals surface area contributed by atoms with E-state index in [1.54, 1.807) is 0 Å². The molecule has 1 heterocycles. The summed E-state index contributed by atoms with van der Waals surface area (Å²) >= 11 is 0. The van der Waals surface area contributed by atoms with E-state index in [0.717, 1.165) is 6.54 Å². The first-order valence-electron chi connectivity index (χ1n) is 7.33. The van der Waals surface area contributed by atoms with Crippen LogP contribution >= 0.6 is 0 Å². The molecule has 1 aromatic carbocycles. The average Bonchev–Trinajstić information content (AvgIpc) is 2.31. The number of hydrogen-bond acceptors (Lipinski definition) is 3. The molecule has 3 heteroatoms.